The first-order chi connectivity index (χ1) is 20.3. The number of nitrogens with one attached hydrogen (secondary N) is 1. The Morgan fingerprint density at radius 2 is 1.88 bits per heavy atom. The summed E-state index contributed by atoms with van der Waals surface area (Å²) in [6.07, 6.45) is 3.84. The molecule has 2 aliphatic rings. The van der Waals surface area contributed by atoms with Crippen molar-refractivity contribution in [3.8, 4) is 17.0 Å². The Labute approximate surface area is 242 Å². The summed E-state index contributed by atoms with van der Waals surface area (Å²) in [6, 6.07) is 14.9. The Hall–Kier alpha value is -4.34. The maximum Gasteiger partial charge on any atom is 0.302 e. The van der Waals surface area contributed by atoms with Gasteiger partial charge < -0.3 is 24.1 Å². The van der Waals surface area contributed by atoms with E-state index in [0.717, 1.165) is 55.7 Å². The first kappa shape index (κ1) is 26.6. The van der Waals surface area contributed by atoms with E-state index in [4.69, 9.17) is 14.3 Å². The third kappa shape index (κ3) is 4.23. The molecule has 2 unspecified atom stereocenters. The van der Waals surface area contributed by atoms with Crippen LogP contribution in [0, 0.1) is 0 Å². The van der Waals surface area contributed by atoms with Crippen LogP contribution >= 0.6 is 0 Å². The zero-order valence-corrected chi connectivity index (χ0v) is 23.9. The highest BCUT2D eigenvalue weighted by Gasteiger charge is 2.34. The standard InChI is InChI=1S/C33H33N3O6/c1-18(37)40-12-6-11-36-27-10-9-21(28-15-22(42-35(28)3)17-41-19(2)38)14-24(27)30-26-16-34-33(39)31(26)29-23-8-5-4-7-20(23)13-25(29)32(30)36/h4-5,7-10,14,16,22,28,34,39H,6,11-13,15,17H2,1-3H3. The van der Waals surface area contributed by atoms with Crippen molar-refractivity contribution >= 4 is 44.5 Å². The number of aromatic nitrogens is 2. The summed E-state index contributed by atoms with van der Waals surface area (Å²) in [5.74, 6) is -0.428. The largest absolute Gasteiger partial charge is 0.494 e. The molecule has 2 N–H and O–H groups in total. The summed E-state index contributed by atoms with van der Waals surface area (Å²) in [5, 5.41) is 16.9. The van der Waals surface area contributed by atoms with Crippen molar-refractivity contribution < 1.29 is 29.0 Å². The van der Waals surface area contributed by atoms with Crippen LogP contribution in [-0.2, 0) is 36.9 Å². The average molecular weight is 568 g/mol. The minimum atomic E-state index is -0.318. The number of fused-ring (bicyclic) bond motifs is 10. The van der Waals surface area contributed by atoms with Gasteiger partial charge in [0.2, 0.25) is 0 Å². The van der Waals surface area contributed by atoms with Crippen molar-refractivity contribution in [2.45, 2.75) is 51.8 Å². The molecule has 9 heteroatoms. The van der Waals surface area contributed by atoms with Crippen LogP contribution in [0.4, 0.5) is 0 Å². The van der Waals surface area contributed by atoms with Gasteiger partial charge in [0.1, 0.15) is 12.7 Å². The molecule has 9 nitrogen and oxygen atoms in total. The minimum absolute atomic E-state index is 0.00822. The first-order valence-electron chi connectivity index (χ1n) is 14.4. The van der Waals surface area contributed by atoms with Crippen LogP contribution in [-0.4, -0.2) is 58.0 Å². The molecule has 3 aromatic carbocycles. The number of ether oxygens (including phenoxy) is 2. The lowest BCUT2D eigenvalue weighted by Crippen LogP contribution is -2.20. The molecule has 1 aliphatic carbocycles. The molecule has 0 spiro atoms. The second-order valence-electron chi connectivity index (χ2n) is 11.3. The number of nitrogens with zero attached hydrogens (tertiary/aromatic N) is 2. The fraction of sp³-hybridized carbons (Fsp3) is 0.333. The van der Waals surface area contributed by atoms with Crippen molar-refractivity contribution in [1.29, 1.82) is 0 Å². The number of hydrogen-bond donors (Lipinski definition) is 2. The van der Waals surface area contributed by atoms with Crippen LogP contribution in [0.2, 0.25) is 0 Å². The lowest BCUT2D eigenvalue weighted by Gasteiger charge is -2.18. The van der Waals surface area contributed by atoms with Gasteiger partial charge in [-0.25, -0.2) is 0 Å². The number of aromatic amines is 1. The molecule has 216 valence electrons. The van der Waals surface area contributed by atoms with Gasteiger partial charge in [0.05, 0.1) is 23.6 Å². The molecule has 0 saturated carbocycles. The van der Waals surface area contributed by atoms with Gasteiger partial charge in [-0.15, -0.1) is 0 Å². The zero-order chi connectivity index (χ0) is 29.1. The summed E-state index contributed by atoms with van der Waals surface area (Å²) in [6.45, 7) is 4.07. The molecule has 2 atom stereocenters. The van der Waals surface area contributed by atoms with E-state index in [1.54, 1.807) is 0 Å². The molecule has 1 saturated heterocycles. The Bertz CT molecular complexity index is 1890. The molecular weight excluding hydrogens is 534 g/mol. The Morgan fingerprint density at radius 1 is 1.07 bits per heavy atom. The number of benzene rings is 3. The summed E-state index contributed by atoms with van der Waals surface area (Å²) in [4.78, 5) is 31.9. The predicted molar refractivity (Wildman–Crippen MR) is 159 cm³/mol. The third-order valence-corrected chi connectivity index (χ3v) is 8.64. The van der Waals surface area contributed by atoms with Crippen LogP contribution < -0.4 is 0 Å². The van der Waals surface area contributed by atoms with Crippen LogP contribution in [0.1, 0.15) is 49.4 Å². The Balaban J connectivity index is 1.42. The van der Waals surface area contributed by atoms with Gasteiger partial charge >= 0.3 is 11.9 Å². The topological polar surface area (TPSA) is 106 Å². The molecule has 42 heavy (non-hydrogen) atoms. The van der Waals surface area contributed by atoms with Crippen LogP contribution in [0.15, 0.2) is 48.7 Å². The van der Waals surface area contributed by atoms with Crippen LogP contribution in [0.25, 0.3) is 43.7 Å². The second kappa shape index (κ2) is 10.2. The molecule has 3 heterocycles. The van der Waals surface area contributed by atoms with Crippen LogP contribution in [0.5, 0.6) is 5.88 Å². The van der Waals surface area contributed by atoms with Gasteiger partial charge in [-0.3, -0.25) is 14.4 Å². The van der Waals surface area contributed by atoms with Gasteiger partial charge in [-0.2, -0.15) is 5.06 Å². The highest BCUT2D eigenvalue weighted by Crippen LogP contribution is 2.51. The normalized spacial score (nSPS) is 18.2. The number of H-pyrrole nitrogens is 1. The van der Waals surface area contributed by atoms with Crippen molar-refractivity contribution in [3.05, 3.63) is 65.4 Å². The van der Waals surface area contributed by atoms with Crippen LogP contribution in [0.3, 0.4) is 0 Å². The van der Waals surface area contributed by atoms with Crippen molar-refractivity contribution in [2.75, 3.05) is 20.3 Å². The molecule has 1 aliphatic heterocycles. The summed E-state index contributed by atoms with van der Waals surface area (Å²) in [5.41, 5.74) is 7.99. The van der Waals surface area contributed by atoms with Crippen molar-refractivity contribution in [1.82, 2.24) is 14.6 Å². The Morgan fingerprint density at radius 3 is 2.69 bits per heavy atom. The third-order valence-electron chi connectivity index (χ3n) is 8.64. The lowest BCUT2D eigenvalue weighted by molar-refractivity contribution is -0.167. The van der Waals surface area contributed by atoms with E-state index in [9.17, 15) is 14.7 Å². The number of carbonyl (C=O) groups is 2. The van der Waals surface area contributed by atoms with Gasteiger partial charge in [0.15, 0.2) is 5.88 Å². The van der Waals surface area contributed by atoms with Gasteiger partial charge in [0, 0.05) is 73.7 Å². The molecule has 1 fully saturated rings. The second-order valence-corrected chi connectivity index (χ2v) is 11.3. The monoisotopic (exact) mass is 567 g/mol. The van der Waals surface area contributed by atoms with E-state index in [0.29, 0.717) is 26.0 Å². The number of rotatable bonds is 7. The van der Waals surface area contributed by atoms with E-state index in [1.165, 1.54) is 25.0 Å². The van der Waals surface area contributed by atoms with E-state index in [-0.39, 0.29) is 36.6 Å². The number of carbonyl (C=O) groups excluding carboxylic acids is 2. The van der Waals surface area contributed by atoms with Gasteiger partial charge in [0.25, 0.3) is 0 Å². The number of aromatic hydroxyl groups is 1. The highest BCUT2D eigenvalue weighted by atomic mass is 16.7. The number of hydrogen-bond acceptors (Lipinski definition) is 7. The zero-order valence-electron chi connectivity index (χ0n) is 23.9. The smallest absolute Gasteiger partial charge is 0.302 e. The molecule has 0 radical (unpaired) electrons. The van der Waals surface area contributed by atoms with E-state index >= 15 is 0 Å². The molecule has 0 bridgehead atoms. The highest BCUT2D eigenvalue weighted by molar-refractivity contribution is 6.27. The number of aryl methyl sites for hydroxylation is 1. The predicted octanol–water partition coefficient (Wildman–Crippen LogP) is 5.75. The van der Waals surface area contributed by atoms with Gasteiger partial charge in [-0.05, 0) is 40.8 Å². The summed E-state index contributed by atoms with van der Waals surface area (Å²) >= 11 is 0. The summed E-state index contributed by atoms with van der Waals surface area (Å²) in [7, 11) is 1.91. The quantitative estimate of drug-likeness (QED) is 0.187. The SMILES string of the molecule is CC(=O)OCCCn1c2ccc(C3CC(COC(C)=O)ON3C)cc2c2c3c[nH]c(O)c3c3c(c21)Cc1ccccc1-3. The maximum absolute atomic E-state index is 11.5. The van der Waals surface area contributed by atoms with E-state index < -0.39 is 0 Å². The van der Waals surface area contributed by atoms with Crippen molar-refractivity contribution in [2.24, 2.45) is 0 Å². The maximum atomic E-state index is 11.5. The van der Waals surface area contributed by atoms with E-state index in [2.05, 4.69) is 45.9 Å². The Kier molecular flexibility index (Phi) is 6.44. The summed E-state index contributed by atoms with van der Waals surface area (Å²) < 4.78 is 12.9. The molecule has 2 aromatic heterocycles. The average Bonchev–Trinajstić information content (AvgIpc) is 3.71. The fourth-order valence-corrected chi connectivity index (χ4v) is 6.95. The first-order valence-corrected chi connectivity index (χ1v) is 14.4. The molecule has 5 aromatic rings. The lowest BCUT2D eigenvalue weighted by atomic mass is 9.95. The fourth-order valence-electron chi connectivity index (χ4n) is 6.95. The van der Waals surface area contributed by atoms with Gasteiger partial charge in [-0.1, -0.05) is 30.3 Å². The molecule has 0 amide bonds. The van der Waals surface area contributed by atoms with Crippen molar-refractivity contribution in [3.63, 3.8) is 0 Å². The minimum Gasteiger partial charge on any atom is -0.494 e. The number of hydroxylamine groups is 2. The molecular formula is C33H33N3O6. The van der Waals surface area contributed by atoms with E-state index in [1.807, 2.05) is 24.4 Å². The molecule has 7 rings (SSSR count). The number of esters is 2.